The van der Waals surface area contributed by atoms with Gasteiger partial charge in [-0.2, -0.15) is 0 Å². The van der Waals surface area contributed by atoms with Gasteiger partial charge in [-0.15, -0.1) is 11.3 Å². The molecule has 1 aliphatic rings. The highest BCUT2D eigenvalue weighted by molar-refractivity contribution is 9.11. The predicted octanol–water partition coefficient (Wildman–Crippen LogP) is 2.30. The van der Waals surface area contributed by atoms with Crippen molar-refractivity contribution in [3.05, 3.63) is 20.8 Å². The number of thiophene rings is 1. The van der Waals surface area contributed by atoms with Crippen LogP contribution in [0.15, 0.2) is 15.9 Å². The summed E-state index contributed by atoms with van der Waals surface area (Å²) in [6, 6.07) is 4.97. The van der Waals surface area contributed by atoms with E-state index in [9.17, 15) is 0 Å². The lowest BCUT2D eigenvalue weighted by molar-refractivity contribution is 0.201. The van der Waals surface area contributed by atoms with E-state index in [4.69, 9.17) is 0 Å². The highest BCUT2D eigenvalue weighted by Crippen LogP contribution is 2.23. The first-order valence-electron chi connectivity index (χ1n) is 4.94. The summed E-state index contributed by atoms with van der Waals surface area (Å²) in [5, 5.41) is 3.46. The Morgan fingerprint density at radius 1 is 1.64 bits per heavy atom. The maximum Gasteiger partial charge on any atom is 0.0701 e. The van der Waals surface area contributed by atoms with E-state index in [2.05, 4.69) is 45.2 Å². The molecule has 1 N–H and O–H groups in total. The van der Waals surface area contributed by atoms with Gasteiger partial charge in [-0.3, -0.25) is 4.90 Å². The number of halogens is 1. The fourth-order valence-corrected chi connectivity index (χ4v) is 3.34. The molecule has 0 aliphatic carbocycles. The van der Waals surface area contributed by atoms with Crippen LogP contribution < -0.4 is 5.32 Å². The molecule has 1 atom stereocenters. The molecule has 1 aromatic heterocycles. The molecule has 0 amide bonds. The molecular weight excluding hydrogens is 260 g/mol. The fraction of sp³-hybridized carbons (Fsp3) is 0.600. The summed E-state index contributed by atoms with van der Waals surface area (Å²) in [6.07, 6.45) is 0. The average molecular weight is 275 g/mol. The zero-order valence-corrected chi connectivity index (χ0v) is 10.7. The van der Waals surface area contributed by atoms with Crippen LogP contribution in [0, 0.1) is 0 Å². The highest BCUT2D eigenvalue weighted by atomic mass is 79.9. The molecule has 1 aliphatic heterocycles. The van der Waals surface area contributed by atoms with E-state index < -0.39 is 0 Å². The molecule has 0 saturated carbocycles. The molecule has 1 saturated heterocycles. The zero-order valence-electron chi connectivity index (χ0n) is 8.29. The first kappa shape index (κ1) is 10.6. The second kappa shape index (κ2) is 4.75. The summed E-state index contributed by atoms with van der Waals surface area (Å²) >= 11 is 5.33. The zero-order chi connectivity index (χ0) is 9.97. The normalized spacial score (nSPS) is 24.0. The van der Waals surface area contributed by atoms with Crippen molar-refractivity contribution >= 4 is 27.3 Å². The van der Waals surface area contributed by atoms with E-state index in [0.717, 1.165) is 19.6 Å². The summed E-state index contributed by atoms with van der Waals surface area (Å²) in [5.41, 5.74) is 0. The van der Waals surface area contributed by atoms with E-state index in [1.807, 2.05) is 11.3 Å². The molecule has 1 aromatic rings. The van der Waals surface area contributed by atoms with E-state index in [1.54, 1.807) is 0 Å². The summed E-state index contributed by atoms with van der Waals surface area (Å²) in [7, 11) is 0. The van der Waals surface area contributed by atoms with Gasteiger partial charge in [0.15, 0.2) is 0 Å². The molecule has 0 aromatic carbocycles. The third-order valence-corrected chi connectivity index (χ3v) is 4.07. The molecule has 0 unspecified atom stereocenters. The van der Waals surface area contributed by atoms with Crippen molar-refractivity contribution in [3.63, 3.8) is 0 Å². The maximum absolute atomic E-state index is 3.50. The van der Waals surface area contributed by atoms with Gasteiger partial charge in [0.25, 0.3) is 0 Å². The van der Waals surface area contributed by atoms with Gasteiger partial charge in [0, 0.05) is 37.1 Å². The number of hydrogen-bond acceptors (Lipinski definition) is 3. The van der Waals surface area contributed by atoms with Crippen molar-refractivity contribution in [2.75, 3.05) is 19.6 Å². The molecule has 0 bridgehead atoms. The van der Waals surface area contributed by atoms with Crippen LogP contribution in [-0.2, 0) is 6.54 Å². The molecule has 1 fully saturated rings. The third-order valence-electron chi connectivity index (χ3n) is 2.46. The molecular formula is C10H15BrN2S. The molecule has 4 heteroatoms. The van der Waals surface area contributed by atoms with Crippen LogP contribution in [0.25, 0.3) is 0 Å². The first-order valence-corrected chi connectivity index (χ1v) is 6.55. The Morgan fingerprint density at radius 3 is 3.14 bits per heavy atom. The van der Waals surface area contributed by atoms with E-state index in [1.165, 1.54) is 15.2 Å². The lowest BCUT2D eigenvalue weighted by atomic mass is 10.2. The Hall–Kier alpha value is 0.1000. The smallest absolute Gasteiger partial charge is 0.0701 e. The van der Waals surface area contributed by atoms with Gasteiger partial charge in [0.2, 0.25) is 0 Å². The van der Waals surface area contributed by atoms with Crippen LogP contribution in [0.4, 0.5) is 0 Å². The van der Waals surface area contributed by atoms with E-state index in [0.29, 0.717) is 6.04 Å². The van der Waals surface area contributed by atoms with Crippen LogP contribution in [0.3, 0.4) is 0 Å². The average Bonchev–Trinajstić information content (AvgIpc) is 2.51. The quantitative estimate of drug-likeness (QED) is 0.891. The van der Waals surface area contributed by atoms with Crippen LogP contribution >= 0.6 is 27.3 Å². The predicted molar refractivity (Wildman–Crippen MR) is 64.8 cm³/mol. The minimum Gasteiger partial charge on any atom is -0.312 e. The van der Waals surface area contributed by atoms with Gasteiger partial charge in [-0.1, -0.05) is 0 Å². The van der Waals surface area contributed by atoms with Gasteiger partial charge >= 0.3 is 0 Å². The standard InChI is InChI=1S/C10H15BrN2S/c1-8-6-13(5-4-12-8)7-9-2-3-10(11)14-9/h2-3,8,12H,4-7H2,1H3/t8-/m1/s1. The van der Waals surface area contributed by atoms with Crippen molar-refractivity contribution in [1.82, 2.24) is 10.2 Å². The molecule has 2 rings (SSSR count). The monoisotopic (exact) mass is 274 g/mol. The lowest BCUT2D eigenvalue weighted by Crippen LogP contribution is -2.48. The van der Waals surface area contributed by atoms with E-state index in [-0.39, 0.29) is 0 Å². The van der Waals surface area contributed by atoms with Gasteiger partial charge in [-0.25, -0.2) is 0 Å². The van der Waals surface area contributed by atoms with Crippen molar-refractivity contribution in [2.24, 2.45) is 0 Å². The van der Waals surface area contributed by atoms with Gasteiger partial charge < -0.3 is 5.32 Å². The van der Waals surface area contributed by atoms with Gasteiger partial charge in [0.05, 0.1) is 3.79 Å². The minimum absolute atomic E-state index is 0.632. The Morgan fingerprint density at radius 2 is 2.50 bits per heavy atom. The summed E-state index contributed by atoms with van der Waals surface area (Å²) < 4.78 is 1.23. The highest BCUT2D eigenvalue weighted by Gasteiger charge is 2.15. The Bertz CT molecular complexity index is 300. The van der Waals surface area contributed by atoms with Crippen molar-refractivity contribution < 1.29 is 0 Å². The lowest BCUT2D eigenvalue weighted by Gasteiger charge is -2.31. The maximum atomic E-state index is 3.50. The first-order chi connectivity index (χ1) is 6.74. The van der Waals surface area contributed by atoms with Crippen molar-refractivity contribution in [3.8, 4) is 0 Å². The second-order valence-electron chi connectivity index (χ2n) is 3.80. The van der Waals surface area contributed by atoms with E-state index >= 15 is 0 Å². The molecule has 0 spiro atoms. The van der Waals surface area contributed by atoms with Crippen LogP contribution in [0.5, 0.6) is 0 Å². The number of rotatable bonds is 2. The number of hydrogen-bond donors (Lipinski definition) is 1. The summed E-state index contributed by atoms with van der Waals surface area (Å²) in [4.78, 5) is 3.96. The molecule has 2 nitrogen and oxygen atoms in total. The molecule has 0 radical (unpaired) electrons. The number of piperazine rings is 1. The fourth-order valence-electron chi connectivity index (χ4n) is 1.81. The van der Waals surface area contributed by atoms with Gasteiger partial charge in [0.1, 0.15) is 0 Å². The summed E-state index contributed by atoms with van der Waals surface area (Å²) in [6.45, 7) is 6.79. The minimum atomic E-state index is 0.632. The van der Waals surface area contributed by atoms with Crippen LogP contribution in [-0.4, -0.2) is 30.6 Å². The summed E-state index contributed by atoms with van der Waals surface area (Å²) in [5.74, 6) is 0. The third kappa shape index (κ3) is 2.79. The molecule has 78 valence electrons. The van der Waals surface area contributed by atoms with Crippen LogP contribution in [0.1, 0.15) is 11.8 Å². The van der Waals surface area contributed by atoms with Gasteiger partial charge in [-0.05, 0) is 35.0 Å². The Labute approximate surface area is 97.4 Å². The van der Waals surface area contributed by atoms with Crippen molar-refractivity contribution in [1.29, 1.82) is 0 Å². The molecule has 14 heavy (non-hydrogen) atoms. The molecule has 2 heterocycles. The topological polar surface area (TPSA) is 15.3 Å². The second-order valence-corrected chi connectivity index (χ2v) is 6.34. The SMILES string of the molecule is C[C@@H]1CN(Cc2ccc(Br)s2)CCN1. The Kier molecular flexibility index (Phi) is 3.60. The number of nitrogens with zero attached hydrogens (tertiary/aromatic N) is 1. The van der Waals surface area contributed by atoms with Crippen LogP contribution in [0.2, 0.25) is 0 Å². The number of nitrogens with one attached hydrogen (secondary N) is 1. The largest absolute Gasteiger partial charge is 0.312 e. The van der Waals surface area contributed by atoms with Crippen molar-refractivity contribution in [2.45, 2.75) is 19.5 Å². The Balaban J connectivity index is 1.90.